The average molecular weight is 546 g/mol. The average Bonchev–Trinajstić information content (AvgIpc) is 3.08. The molecule has 0 aromatic heterocycles. The minimum absolute atomic E-state index is 0.0129. The van der Waals surface area contributed by atoms with E-state index < -0.39 is 15.8 Å². The van der Waals surface area contributed by atoms with E-state index in [1.165, 1.54) is 34.1 Å². The molecule has 1 aliphatic carbocycles. The highest BCUT2D eigenvalue weighted by molar-refractivity contribution is 7.90. The molecule has 1 unspecified atom stereocenters. The zero-order valence-electron chi connectivity index (χ0n) is 22.5. The minimum Gasteiger partial charge on any atom is -0.494 e. The molecule has 7 heteroatoms. The molecule has 204 valence electrons. The molecule has 0 radical (unpaired) electrons. The van der Waals surface area contributed by atoms with E-state index in [4.69, 9.17) is 4.74 Å². The first-order chi connectivity index (χ1) is 18.7. The SMILES string of the molecule is CC#CC(CC(=O)O)c1ccc(NCc2ccc3c(c2)-c2ccc(OCCCS(C)(=O)=O)cc2CCC3)cc1. The topological polar surface area (TPSA) is 92.7 Å². The van der Waals surface area contributed by atoms with Crippen LogP contribution in [0.1, 0.15) is 54.4 Å². The van der Waals surface area contributed by atoms with Crippen LogP contribution in [0.15, 0.2) is 60.7 Å². The number of aryl methyl sites for hydroxylation is 2. The molecular weight excluding hydrogens is 510 g/mol. The Labute approximate surface area is 231 Å². The Kier molecular flexibility index (Phi) is 9.32. The second kappa shape index (κ2) is 12.9. The summed E-state index contributed by atoms with van der Waals surface area (Å²) in [5.41, 5.74) is 8.09. The number of ether oxygens (including phenoxy) is 1. The van der Waals surface area contributed by atoms with Gasteiger partial charge in [0.25, 0.3) is 0 Å². The van der Waals surface area contributed by atoms with Crippen molar-refractivity contribution in [3.05, 3.63) is 82.9 Å². The third-order valence-electron chi connectivity index (χ3n) is 6.87. The number of hydrogen-bond donors (Lipinski definition) is 2. The van der Waals surface area contributed by atoms with Crippen molar-refractivity contribution in [3.8, 4) is 28.7 Å². The molecule has 0 spiro atoms. The Morgan fingerprint density at radius 3 is 2.51 bits per heavy atom. The van der Waals surface area contributed by atoms with E-state index in [0.29, 0.717) is 19.6 Å². The molecule has 0 aliphatic heterocycles. The lowest BCUT2D eigenvalue weighted by molar-refractivity contribution is -0.137. The van der Waals surface area contributed by atoms with Crippen LogP contribution in [0.25, 0.3) is 11.1 Å². The number of rotatable bonds is 11. The molecule has 1 aliphatic rings. The fraction of sp³-hybridized carbons (Fsp3) is 0.344. The van der Waals surface area contributed by atoms with Gasteiger partial charge in [-0.15, -0.1) is 5.92 Å². The third kappa shape index (κ3) is 8.11. The number of aliphatic carboxylic acids is 1. The highest BCUT2D eigenvalue weighted by Crippen LogP contribution is 2.35. The molecule has 3 aromatic rings. The summed E-state index contributed by atoms with van der Waals surface area (Å²) < 4.78 is 28.6. The van der Waals surface area contributed by atoms with Gasteiger partial charge >= 0.3 is 5.97 Å². The van der Waals surface area contributed by atoms with Gasteiger partial charge in [-0.2, -0.15) is 0 Å². The Morgan fingerprint density at radius 2 is 1.79 bits per heavy atom. The van der Waals surface area contributed by atoms with E-state index >= 15 is 0 Å². The number of fused-ring (bicyclic) bond motifs is 3. The summed E-state index contributed by atoms with van der Waals surface area (Å²) >= 11 is 0. The maximum Gasteiger partial charge on any atom is 0.304 e. The van der Waals surface area contributed by atoms with Crippen LogP contribution in [0.3, 0.4) is 0 Å². The summed E-state index contributed by atoms with van der Waals surface area (Å²) in [7, 11) is -2.98. The van der Waals surface area contributed by atoms with Crippen LogP contribution in [-0.2, 0) is 34.0 Å². The van der Waals surface area contributed by atoms with Gasteiger partial charge in [-0.3, -0.25) is 4.79 Å². The van der Waals surface area contributed by atoms with Crippen molar-refractivity contribution in [1.29, 1.82) is 0 Å². The summed E-state index contributed by atoms with van der Waals surface area (Å²) in [4.78, 5) is 11.2. The monoisotopic (exact) mass is 545 g/mol. The zero-order valence-corrected chi connectivity index (χ0v) is 23.3. The van der Waals surface area contributed by atoms with E-state index in [-0.39, 0.29) is 18.1 Å². The first-order valence-electron chi connectivity index (χ1n) is 13.3. The number of sulfone groups is 1. The molecule has 6 nitrogen and oxygen atoms in total. The van der Waals surface area contributed by atoms with E-state index in [1.54, 1.807) is 6.92 Å². The van der Waals surface area contributed by atoms with Crippen molar-refractivity contribution >= 4 is 21.5 Å². The molecule has 0 heterocycles. The van der Waals surface area contributed by atoms with Gasteiger partial charge < -0.3 is 15.2 Å². The molecule has 1 atom stereocenters. The van der Waals surface area contributed by atoms with Gasteiger partial charge in [-0.05, 0) is 96.3 Å². The van der Waals surface area contributed by atoms with Gasteiger partial charge in [0.15, 0.2) is 0 Å². The molecule has 0 amide bonds. The minimum atomic E-state index is -2.98. The number of benzene rings is 3. The molecule has 0 saturated heterocycles. The van der Waals surface area contributed by atoms with Crippen LogP contribution < -0.4 is 10.1 Å². The van der Waals surface area contributed by atoms with Gasteiger partial charge in [0.1, 0.15) is 15.6 Å². The van der Waals surface area contributed by atoms with Crippen molar-refractivity contribution in [2.45, 2.75) is 51.5 Å². The summed E-state index contributed by atoms with van der Waals surface area (Å²) in [6.45, 7) is 2.77. The lowest BCUT2D eigenvalue weighted by Crippen LogP contribution is -2.08. The van der Waals surface area contributed by atoms with Gasteiger partial charge in [0, 0.05) is 18.5 Å². The second-order valence-corrected chi connectivity index (χ2v) is 12.3. The Morgan fingerprint density at radius 1 is 1.03 bits per heavy atom. The first kappa shape index (κ1) is 28.3. The second-order valence-electron chi connectivity index (χ2n) is 10.0. The largest absolute Gasteiger partial charge is 0.494 e. The summed E-state index contributed by atoms with van der Waals surface area (Å²) in [6, 6.07) is 20.7. The van der Waals surface area contributed by atoms with Gasteiger partial charge in [0.05, 0.1) is 24.7 Å². The zero-order chi connectivity index (χ0) is 27.8. The fourth-order valence-electron chi connectivity index (χ4n) is 4.95. The van der Waals surface area contributed by atoms with Crippen molar-refractivity contribution in [3.63, 3.8) is 0 Å². The summed E-state index contributed by atoms with van der Waals surface area (Å²) in [5, 5.41) is 12.7. The normalized spacial score (nSPS) is 13.2. The molecule has 2 N–H and O–H groups in total. The van der Waals surface area contributed by atoms with E-state index in [2.05, 4.69) is 47.5 Å². The fourth-order valence-corrected chi connectivity index (χ4v) is 5.59. The maximum atomic E-state index is 11.4. The van der Waals surface area contributed by atoms with Crippen LogP contribution in [-0.4, -0.2) is 38.1 Å². The standard InChI is InChI=1S/C32H35NO5S/c1-3-6-26(21-32(34)35)24-11-13-28(14-12-24)33-22-23-9-10-25-7-4-8-27-20-29(15-16-30(27)31(25)19-23)38-17-5-18-39(2,36)37/h9-16,19-20,26,33H,4-5,7-8,17-18,21-22H2,1-2H3,(H,34,35). The molecule has 4 rings (SSSR count). The summed E-state index contributed by atoms with van der Waals surface area (Å²) in [6.07, 6.45) is 4.76. The third-order valence-corrected chi connectivity index (χ3v) is 7.90. The van der Waals surface area contributed by atoms with Gasteiger partial charge in [-0.1, -0.05) is 36.3 Å². The van der Waals surface area contributed by atoms with E-state index in [9.17, 15) is 18.3 Å². The van der Waals surface area contributed by atoms with Crippen LogP contribution in [0.4, 0.5) is 5.69 Å². The highest BCUT2D eigenvalue weighted by atomic mass is 32.2. The molecule has 3 aromatic carbocycles. The number of carbonyl (C=O) groups is 1. The maximum absolute atomic E-state index is 11.4. The number of carboxylic acid groups (broad SMARTS) is 1. The van der Waals surface area contributed by atoms with Crippen LogP contribution in [0.2, 0.25) is 0 Å². The lowest BCUT2D eigenvalue weighted by atomic mass is 9.94. The van der Waals surface area contributed by atoms with Gasteiger partial charge in [0.2, 0.25) is 0 Å². The quantitative estimate of drug-likeness (QED) is 0.232. The number of hydrogen-bond acceptors (Lipinski definition) is 5. The predicted octanol–water partition coefficient (Wildman–Crippen LogP) is 5.85. The molecule has 0 fully saturated rings. The first-order valence-corrected chi connectivity index (χ1v) is 15.3. The Bertz CT molecular complexity index is 1480. The number of anilines is 1. The van der Waals surface area contributed by atoms with Crippen LogP contribution in [0.5, 0.6) is 5.75 Å². The van der Waals surface area contributed by atoms with E-state index in [0.717, 1.165) is 36.3 Å². The molecule has 39 heavy (non-hydrogen) atoms. The van der Waals surface area contributed by atoms with Crippen molar-refractivity contribution < 1.29 is 23.1 Å². The van der Waals surface area contributed by atoms with Crippen LogP contribution in [0, 0.1) is 11.8 Å². The van der Waals surface area contributed by atoms with Gasteiger partial charge in [-0.25, -0.2) is 8.42 Å². The number of carboxylic acids is 1. The molecular formula is C32H35NO5S. The number of nitrogens with one attached hydrogen (secondary N) is 1. The highest BCUT2D eigenvalue weighted by Gasteiger charge is 2.16. The van der Waals surface area contributed by atoms with Crippen molar-refractivity contribution in [2.75, 3.05) is 23.9 Å². The van der Waals surface area contributed by atoms with E-state index in [1.807, 2.05) is 30.3 Å². The Hall–Kier alpha value is -3.76. The smallest absolute Gasteiger partial charge is 0.304 e. The Balaban J connectivity index is 1.44. The molecule has 0 saturated carbocycles. The van der Waals surface area contributed by atoms with Crippen molar-refractivity contribution in [2.24, 2.45) is 0 Å². The predicted molar refractivity (Wildman–Crippen MR) is 156 cm³/mol. The molecule has 0 bridgehead atoms. The van der Waals surface area contributed by atoms with Crippen LogP contribution >= 0.6 is 0 Å². The lowest BCUT2D eigenvalue weighted by Gasteiger charge is -2.15. The summed E-state index contributed by atoms with van der Waals surface area (Å²) in [5.74, 6) is 5.56. The van der Waals surface area contributed by atoms with Crippen molar-refractivity contribution in [1.82, 2.24) is 0 Å².